The Kier molecular flexibility index (Phi) is 6.35. The number of nitrogens with one attached hydrogen (secondary N) is 2. The number of hydrogen-bond donors (Lipinski definition) is 2. The Morgan fingerprint density at radius 3 is 2.32 bits per heavy atom. The molecule has 0 bridgehead atoms. The smallest absolute Gasteiger partial charge is 0.356 e. The van der Waals surface area contributed by atoms with Crippen molar-refractivity contribution in [3.63, 3.8) is 0 Å². The van der Waals surface area contributed by atoms with E-state index in [9.17, 15) is 13.2 Å². The van der Waals surface area contributed by atoms with Gasteiger partial charge in [-0.15, -0.1) is 0 Å². The molecular formula is C15H27F3N4. The first kappa shape index (κ1) is 17.4. The SMILES string of the molecule is CN=C(NCCC(F)(F)F)NC1CCN(C2CCCC2)CC1. The minimum Gasteiger partial charge on any atom is -0.356 e. The van der Waals surface area contributed by atoms with Gasteiger partial charge in [0.2, 0.25) is 0 Å². The van der Waals surface area contributed by atoms with Crippen LogP contribution in [0.3, 0.4) is 0 Å². The molecule has 1 aliphatic carbocycles. The van der Waals surface area contributed by atoms with Gasteiger partial charge in [0.1, 0.15) is 0 Å². The first-order valence-electron chi connectivity index (χ1n) is 8.26. The Bertz CT molecular complexity index is 356. The quantitative estimate of drug-likeness (QED) is 0.618. The topological polar surface area (TPSA) is 39.7 Å². The summed E-state index contributed by atoms with van der Waals surface area (Å²) >= 11 is 0. The zero-order chi connectivity index (χ0) is 16.0. The molecule has 0 aromatic carbocycles. The predicted molar refractivity (Wildman–Crippen MR) is 82.0 cm³/mol. The summed E-state index contributed by atoms with van der Waals surface area (Å²) in [6, 6.07) is 1.06. The number of likely N-dealkylation sites (tertiary alicyclic amines) is 1. The van der Waals surface area contributed by atoms with Crippen molar-refractivity contribution in [2.24, 2.45) is 4.99 Å². The van der Waals surface area contributed by atoms with E-state index >= 15 is 0 Å². The third kappa shape index (κ3) is 5.66. The van der Waals surface area contributed by atoms with Crippen LogP contribution in [0.15, 0.2) is 4.99 Å². The second kappa shape index (κ2) is 8.04. The van der Waals surface area contributed by atoms with Crippen molar-refractivity contribution in [2.75, 3.05) is 26.7 Å². The first-order valence-corrected chi connectivity index (χ1v) is 8.26. The highest BCUT2D eigenvalue weighted by Crippen LogP contribution is 2.26. The van der Waals surface area contributed by atoms with Gasteiger partial charge in [0.25, 0.3) is 0 Å². The molecule has 0 aromatic heterocycles. The monoisotopic (exact) mass is 320 g/mol. The molecule has 2 aliphatic rings. The Morgan fingerprint density at radius 1 is 1.14 bits per heavy atom. The van der Waals surface area contributed by atoms with E-state index in [1.807, 2.05) is 0 Å². The fourth-order valence-corrected chi connectivity index (χ4v) is 3.39. The van der Waals surface area contributed by atoms with Gasteiger partial charge in [-0.05, 0) is 25.7 Å². The minimum absolute atomic E-state index is 0.135. The molecule has 0 atom stereocenters. The maximum atomic E-state index is 12.2. The molecule has 2 rings (SSSR count). The van der Waals surface area contributed by atoms with E-state index in [1.165, 1.54) is 25.7 Å². The maximum absolute atomic E-state index is 12.2. The molecular weight excluding hydrogens is 293 g/mol. The fourth-order valence-electron chi connectivity index (χ4n) is 3.39. The Balaban J connectivity index is 1.67. The predicted octanol–water partition coefficient (Wildman–Crippen LogP) is 2.51. The summed E-state index contributed by atoms with van der Waals surface area (Å²) in [4.78, 5) is 6.59. The van der Waals surface area contributed by atoms with Gasteiger partial charge in [-0.25, -0.2) is 0 Å². The Hall–Kier alpha value is -0.980. The van der Waals surface area contributed by atoms with Gasteiger partial charge in [-0.2, -0.15) is 13.2 Å². The second-order valence-corrected chi connectivity index (χ2v) is 6.26. The summed E-state index contributed by atoms with van der Waals surface area (Å²) in [5.74, 6) is 0.476. The number of rotatable bonds is 4. The molecule has 7 heteroatoms. The molecule has 1 saturated heterocycles. The lowest BCUT2D eigenvalue weighted by atomic mass is 10.0. The standard InChI is InChI=1S/C15H27F3N4/c1-19-14(20-9-8-15(16,17)18)21-12-6-10-22(11-7-12)13-4-2-3-5-13/h12-13H,2-11H2,1H3,(H2,19,20,21). The molecule has 1 aliphatic heterocycles. The average molecular weight is 320 g/mol. The van der Waals surface area contributed by atoms with E-state index in [1.54, 1.807) is 7.05 Å². The molecule has 0 unspecified atom stereocenters. The number of nitrogens with zero attached hydrogens (tertiary/aromatic N) is 2. The summed E-state index contributed by atoms with van der Waals surface area (Å²) in [5, 5.41) is 5.99. The van der Waals surface area contributed by atoms with Crippen LogP contribution in [0, 0.1) is 0 Å². The maximum Gasteiger partial charge on any atom is 0.390 e. The van der Waals surface area contributed by atoms with E-state index < -0.39 is 12.6 Å². The highest BCUT2D eigenvalue weighted by molar-refractivity contribution is 5.79. The number of guanidine groups is 1. The van der Waals surface area contributed by atoms with E-state index in [0.717, 1.165) is 32.0 Å². The van der Waals surface area contributed by atoms with Crippen molar-refractivity contribution in [1.82, 2.24) is 15.5 Å². The molecule has 1 heterocycles. The highest BCUT2D eigenvalue weighted by atomic mass is 19.4. The molecule has 128 valence electrons. The molecule has 2 N–H and O–H groups in total. The van der Waals surface area contributed by atoms with Gasteiger partial charge in [-0.3, -0.25) is 4.99 Å². The lowest BCUT2D eigenvalue weighted by molar-refractivity contribution is -0.132. The molecule has 0 amide bonds. The van der Waals surface area contributed by atoms with Gasteiger partial charge < -0.3 is 15.5 Å². The van der Waals surface area contributed by atoms with E-state index in [0.29, 0.717) is 12.0 Å². The van der Waals surface area contributed by atoms with Crippen molar-refractivity contribution < 1.29 is 13.2 Å². The van der Waals surface area contributed by atoms with E-state index in [-0.39, 0.29) is 6.54 Å². The number of halogens is 3. The zero-order valence-corrected chi connectivity index (χ0v) is 13.3. The van der Waals surface area contributed by atoms with Crippen LogP contribution in [-0.2, 0) is 0 Å². The van der Waals surface area contributed by atoms with Crippen molar-refractivity contribution in [1.29, 1.82) is 0 Å². The molecule has 22 heavy (non-hydrogen) atoms. The first-order chi connectivity index (χ1) is 10.5. The lowest BCUT2D eigenvalue weighted by Gasteiger charge is -2.36. The largest absolute Gasteiger partial charge is 0.390 e. The number of piperidine rings is 1. The number of hydrogen-bond acceptors (Lipinski definition) is 2. The minimum atomic E-state index is -4.13. The molecule has 0 radical (unpaired) electrons. The summed E-state index contributed by atoms with van der Waals surface area (Å²) in [7, 11) is 1.59. The third-order valence-electron chi connectivity index (χ3n) is 4.64. The van der Waals surface area contributed by atoms with Crippen LogP contribution in [-0.4, -0.2) is 55.8 Å². The van der Waals surface area contributed by atoms with E-state index in [2.05, 4.69) is 20.5 Å². The van der Waals surface area contributed by atoms with Crippen LogP contribution >= 0.6 is 0 Å². The van der Waals surface area contributed by atoms with Gasteiger partial charge in [-0.1, -0.05) is 12.8 Å². The summed E-state index contributed by atoms with van der Waals surface area (Å²) in [5.41, 5.74) is 0. The molecule has 1 saturated carbocycles. The second-order valence-electron chi connectivity index (χ2n) is 6.26. The molecule has 4 nitrogen and oxygen atoms in total. The van der Waals surface area contributed by atoms with Gasteiger partial charge in [0, 0.05) is 38.8 Å². The fraction of sp³-hybridized carbons (Fsp3) is 0.933. The zero-order valence-electron chi connectivity index (χ0n) is 13.3. The van der Waals surface area contributed by atoms with Gasteiger partial charge >= 0.3 is 6.18 Å². The van der Waals surface area contributed by atoms with Crippen LogP contribution in [0.25, 0.3) is 0 Å². The number of alkyl halides is 3. The van der Waals surface area contributed by atoms with Crippen LogP contribution in [0.1, 0.15) is 44.9 Å². The molecule has 0 aromatic rings. The van der Waals surface area contributed by atoms with Crippen molar-refractivity contribution >= 4 is 5.96 Å². The highest BCUT2D eigenvalue weighted by Gasteiger charge is 2.28. The van der Waals surface area contributed by atoms with Crippen LogP contribution < -0.4 is 10.6 Å². The number of aliphatic imine (C=N–C) groups is 1. The van der Waals surface area contributed by atoms with Crippen molar-refractivity contribution in [2.45, 2.75) is 63.2 Å². The summed E-state index contributed by atoms with van der Waals surface area (Å²) in [6.07, 6.45) is 2.41. The Labute approximate surface area is 130 Å². The molecule has 2 fully saturated rings. The van der Waals surface area contributed by atoms with Gasteiger partial charge in [0.05, 0.1) is 6.42 Å². The van der Waals surface area contributed by atoms with E-state index in [4.69, 9.17) is 0 Å². The normalized spacial score (nSPS) is 23.0. The summed E-state index contributed by atoms with van der Waals surface area (Å²) < 4.78 is 36.5. The third-order valence-corrected chi connectivity index (χ3v) is 4.64. The van der Waals surface area contributed by atoms with Crippen LogP contribution in [0.2, 0.25) is 0 Å². The van der Waals surface area contributed by atoms with Crippen LogP contribution in [0.5, 0.6) is 0 Å². The van der Waals surface area contributed by atoms with Crippen molar-refractivity contribution in [3.05, 3.63) is 0 Å². The summed E-state index contributed by atoms with van der Waals surface area (Å²) in [6.45, 7) is 2.01. The lowest BCUT2D eigenvalue weighted by Crippen LogP contribution is -2.50. The molecule has 0 spiro atoms. The Morgan fingerprint density at radius 2 is 1.77 bits per heavy atom. The van der Waals surface area contributed by atoms with Crippen LogP contribution in [0.4, 0.5) is 13.2 Å². The van der Waals surface area contributed by atoms with Gasteiger partial charge in [0.15, 0.2) is 5.96 Å². The average Bonchev–Trinajstić information content (AvgIpc) is 3.00. The van der Waals surface area contributed by atoms with Crippen molar-refractivity contribution in [3.8, 4) is 0 Å².